The number of hydrogen-bond donors (Lipinski definition) is 2. The third-order valence-electron chi connectivity index (χ3n) is 3.78. The SMILES string of the molecule is NCC1(NC(=O)COc2ccccc2[N+](=O)[O-])CCCC1. The highest BCUT2D eigenvalue weighted by molar-refractivity contribution is 5.78. The Morgan fingerprint density at radius 2 is 2.05 bits per heavy atom. The van der Waals surface area contributed by atoms with E-state index in [1.165, 1.54) is 12.1 Å². The van der Waals surface area contributed by atoms with Crippen LogP contribution in [0.1, 0.15) is 25.7 Å². The first-order valence-electron chi connectivity index (χ1n) is 6.94. The minimum absolute atomic E-state index is 0.0888. The van der Waals surface area contributed by atoms with Crippen LogP contribution >= 0.6 is 0 Å². The zero-order valence-corrected chi connectivity index (χ0v) is 11.7. The fourth-order valence-electron chi connectivity index (χ4n) is 2.64. The lowest BCUT2D eigenvalue weighted by molar-refractivity contribution is -0.385. The molecule has 21 heavy (non-hydrogen) atoms. The van der Waals surface area contributed by atoms with Crippen LogP contribution in [0.5, 0.6) is 5.75 Å². The van der Waals surface area contributed by atoms with E-state index in [9.17, 15) is 14.9 Å². The second-order valence-electron chi connectivity index (χ2n) is 5.25. The second-order valence-corrected chi connectivity index (χ2v) is 5.25. The lowest BCUT2D eigenvalue weighted by atomic mass is 9.98. The summed E-state index contributed by atoms with van der Waals surface area (Å²) in [6, 6.07) is 5.98. The molecule has 0 atom stereocenters. The summed E-state index contributed by atoms with van der Waals surface area (Å²) >= 11 is 0. The molecule has 0 bridgehead atoms. The van der Waals surface area contributed by atoms with Crippen molar-refractivity contribution < 1.29 is 14.5 Å². The minimum Gasteiger partial charge on any atom is -0.477 e. The molecular weight excluding hydrogens is 274 g/mol. The lowest BCUT2D eigenvalue weighted by Crippen LogP contribution is -2.52. The maximum absolute atomic E-state index is 12.0. The van der Waals surface area contributed by atoms with Crippen molar-refractivity contribution in [2.45, 2.75) is 31.2 Å². The fraction of sp³-hybridized carbons (Fsp3) is 0.500. The molecule has 0 radical (unpaired) electrons. The van der Waals surface area contributed by atoms with Crippen molar-refractivity contribution in [3.8, 4) is 5.75 Å². The number of carbonyl (C=O) groups is 1. The molecule has 1 saturated carbocycles. The Kier molecular flexibility index (Phi) is 4.74. The van der Waals surface area contributed by atoms with Crippen LogP contribution in [0.2, 0.25) is 0 Å². The molecule has 1 amide bonds. The van der Waals surface area contributed by atoms with Gasteiger partial charge in [0.25, 0.3) is 5.91 Å². The number of amides is 1. The maximum Gasteiger partial charge on any atom is 0.310 e. The number of nitrogens with one attached hydrogen (secondary N) is 1. The molecule has 0 saturated heterocycles. The van der Waals surface area contributed by atoms with Gasteiger partial charge >= 0.3 is 5.69 Å². The summed E-state index contributed by atoms with van der Waals surface area (Å²) in [7, 11) is 0. The molecule has 7 nitrogen and oxygen atoms in total. The van der Waals surface area contributed by atoms with Crippen LogP contribution in [0, 0.1) is 10.1 Å². The van der Waals surface area contributed by atoms with Crippen molar-refractivity contribution in [3.63, 3.8) is 0 Å². The van der Waals surface area contributed by atoms with Crippen LogP contribution in [-0.2, 0) is 4.79 Å². The molecule has 0 heterocycles. The van der Waals surface area contributed by atoms with E-state index < -0.39 is 4.92 Å². The molecule has 0 aliphatic heterocycles. The fourth-order valence-corrected chi connectivity index (χ4v) is 2.64. The average Bonchev–Trinajstić information content (AvgIpc) is 2.94. The molecule has 3 N–H and O–H groups in total. The molecule has 2 rings (SSSR count). The van der Waals surface area contributed by atoms with E-state index in [1.807, 2.05) is 0 Å². The lowest BCUT2D eigenvalue weighted by Gasteiger charge is -2.28. The van der Waals surface area contributed by atoms with Crippen molar-refractivity contribution in [1.82, 2.24) is 5.32 Å². The number of benzene rings is 1. The number of carbonyl (C=O) groups excluding carboxylic acids is 1. The number of nitrogens with zero attached hydrogens (tertiary/aromatic N) is 1. The van der Waals surface area contributed by atoms with Gasteiger partial charge in [0, 0.05) is 12.6 Å². The number of rotatable bonds is 6. The minimum atomic E-state index is -0.536. The van der Waals surface area contributed by atoms with E-state index in [-0.39, 0.29) is 29.5 Å². The van der Waals surface area contributed by atoms with E-state index >= 15 is 0 Å². The van der Waals surface area contributed by atoms with Gasteiger partial charge in [0.05, 0.1) is 10.5 Å². The van der Waals surface area contributed by atoms with Crippen LogP contribution in [0.3, 0.4) is 0 Å². The van der Waals surface area contributed by atoms with E-state index in [0.717, 1.165) is 25.7 Å². The molecule has 1 aliphatic rings. The molecule has 0 aromatic heterocycles. The molecule has 7 heteroatoms. The number of ether oxygens (including phenoxy) is 1. The van der Waals surface area contributed by atoms with Crippen LogP contribution in [0.25, 0.3) is 0 Å². The predicted molar refractivity (Wildman–Crippen MR) is 77.0 cm³/mol. The van der Waals surface area contributed by atoms with Gasteiger partial charge < -0.3 is 15.8 Å². The standard InChI is InChI=1S/C14H19N3O4/c15-10-14(7-3-4-8-14)16-13(18)9-21-12-6-2-1-5-11(12)17(19)20/h1-2,5-6H,3-4,7-10,15H2,(H,16,18). The van der Waals surface area contributed by atoms with Gasteiger partial charge in [-0.25, -0.2) is 0 Å². The van der Waals surface area contributed by atoms with Gasteiger partial charge in [-0.2, -0.15) is 0 Å². The van der Waals surface area contributed by atoms with Gasteiger partial charge in [-0.1, -0.05) is 25.0 Å². The van der Waals surface area contributed by atoms with Gasteiger partial charge in [0.1, 0.15) is 0 Å². The summed E-state index contributed by atoms with van der Waals surface area (Å²) in [5.74, 6) is -0.216. The first-order valence-corrected chi connectivity index (χ1v) is 6.94. The number of nitro benzene ring substituents is 1. The Hall–Kier alpha value is -2.15. The van der Waals surface area contributed by atoms with Crippen molar-refractivity contribution in [3.05, 3.63) is 34.4 Å². The summed E-state index contributed by atoms with van der Waals surface area (Å²) in [4.78, 5) is 22.3. The molecule has 1 fully saturated rings. The first-order chi connectivity index (χ1) is 10.1. The van der Waals surface area contributed by atoms with Crippen LogP contribution < -0.4 is 15.8 Å². The summed E-state index contributed by atoms with van der Waals surface area (Å²) in [6.07, 6.45) is 3.81. The van der Waals surface area contributed by atoms with Crippen molar-refractivity contribution >= 4 is 11.6 Å². The average molecular weight is 293 g/mol. The Bertz CT molecular complexity index is 527. The zero-order chi connectivity index (χ0) is 15.3. The number of hydrogen-bond acceptors (Lipinski definition) is 5. The van der Waals surface area contributed by atoms with E-state index in [0.29, 0.717) is 6.54 Å². The third kappa shape index (κ3) is 3.69. The van der Waals surface area contributed by atoms with Gasteiger partial charge in [0.15, 0.2) is 12.4 Å². The topological polar surface area (TPSA) is 107 Å². The highest BCUT2D eigenvalue weighted by atomic mass is 16.6. The quantitative estimate of drug-likeness (QED) is 0.608. The van der Waals surface area contributed by atoms with Gasteiger partial charge in [0.2, 0.25) is 0 Å². The first kappa shape index (κ1) is 15.2. The van der Waals surface area contributed by atoms with E-state index in [2.05, 4.69) is 5.32 Å². The Morgan fingerprint density at radius 3 is 2.67 bits per heavy atom. The molecule has 0 spiro atoms. The predicted octanol–water partition coefficient (Wildman–Crippen LogP) is 1.36. The Morgan fingerprint density at radius 1 is 1.38 bits per heavy atom. The molecule has 1 aromatic rings. The van der Waals surface area contributed by atoms with Gasteiger partial charge in [-0.3, -0.25) is 14.9 Å². The largest absolute Gasteiger partial charge is 0.477 e. The second kappa shape index (κ2) is 6.53. The number of nitro groups is 1. The monoisotopic (exact) mass is 293 g/mol. The van der Waals surface area contributed by atoms with E-state index in [1.54, 1.807) is 12.1 Å². The van der Waals surface area contributed by atoms with Crippen LogP contribution in [0.4, 0.5) is 5.69 Å². The molecule has 1 aliphatic carbocycles. The Balaban J connectivity index is 1.94. The van der Waals surface area contributed by atoms with Crippen LogP contribution in [-0.4, -0.2) is 29.5 Å². The summed E-state index contributed by atoms with van der Waals surface area (Å²) in [6.45, 7) is 0.136. The van der Waals surface area contributed by atoms with E-state index in [4.69, 9.17) is 10.5 Å². The highest BCUT2D eigenvalue weighted by Crippen LogP contribution is 2.29. The van der Waals surface area contributed by atoms with Crippen molar-refractivity contribution in [2.75, 3.05) is 13.2 Å². The number of para-hydroxylation sites is 2. The van der Waals surface area contributed by atoms with Crippen molar-refractivity contribution in [1.29, 1.82) is 0 Å². The molecule has 1 aromatic carbocycles. The smallest absolute Gasteiger partial charge is 0.310 e. The van der Waals surface area contributed by atoms with Gasteiger partial charge in [-0.05, 0) is 18.9 Å². The third-order valence-corrected chi connectivity index (χ3v) is 3.78. The maximum atomic E-state index is 12.0. The normalized spacial score (nSPS) is 16.4. The molecule has 114 valence electrons. The summed E-state index contributed by atoms with van der Waals surface area (Å²) in [5, 5.41) is 13.8. The van der Waals surface area contributed by atoms with Crippen LogP contribution in [0.15, 0.2) is 24.3 Å². The summed E-state index contributed by atoms with van der Waals surface area (Å²) < 4.78 is 5.27. The molecule has 0 unspecified atom stereocenters. The number of nitrogens with two attached hydrogens (primary N) is 1. The summed E-state index contributed by atoms with van der Waals surface area (Å²) in [5.41, 5.74) is 5.25. The van der Waals surface area contributed by atoms with Crippen molar-refractivity contribution in [2.24, 2.45) is 5.73 Å². The Labute approximate surface area is 122 Å². The zero-order valence-electron chi connectivity index (χ0n) is 11.7. The van der Waals surface area contributed by atoms with Gasteiger partial charge in [-0.15, -0.1) is 0 Å². The highest BCUT2D eigenvalue weighted by Gasteiger charge is 2.33. The molecular formula is C14H19N3O4.